The monoisotopic (exact) mass is 496 g/mol. The van der Waals surface area contributed by atoms with E-state index in [1.165, 1.54) is 4.90 Å². The number of carboxylic acid groups (broad SMARTS) is 1. The van der Waals surface area contributed by atoms with Gasteiger partial charge in [0.05, 0.1) is 6.54 Å². The average molecular weight is 497 g/mol. The van der Waals surface area contributed by atoms with Crippen LogP contribution >= 0.6 is 0 Å². The van der Waals surface area contributed by atoms with Gasteiger partial charge in [-0.1, -0.05) is 48.5 Å². The van der Waals surface area contributed by atoms with Crippen LogP contribution in [0.2, 0.25) is 0 Å². The number of aliphatic carboxylic acids is 1. The molecule has 2 aliphatic rings. The van der Waals surface area contributed by atoms with Gasteiger partial charge < -0.3 is 24.6 Å². The highest BCUT2D eigenvalue weighted by atomic mass is 16.6. The van der Waals surface area contributed by atoms with Gasteiger partial charge in [0.2, 0.25) is 0 Å². The summed E-state index contributed by atoms with van der Waals surface area (Å²) in [6.07, 6.45) is -2.49. The number of hydrogen-bond acceptors (Lipinski definition) is 6. The van der Waals surface area contributed by atoms with E-state index >= 15 is 0 Å². The van der Waals surface area contributed by atoms with Crippen molar-refractivity contribution in [2.75, 3.05) is 13.2 Å². The van der Waals surface area contributed by atoms with E-state index in [9.17, 15) is 19.5 Å². The SMILES string of the molecule is CC(C)(C)OC(=O)N1C[C@H](C(NC(=O)OCC2c3ccccc3-c3ccccc32)C(=O)O)OC1(C)C. The van der Waals surface area contributed by atoms with Crippen LogP contribution in [0.4, 0.5) is 9.59 Å². The minimum absolute atomic E-state index is 0.0489. The van der Waals surface area contributed by atoms with Gasteiger partial charge in [-0.15, -0.1) is 0 Å². The highest BCUT2D eigenvalue weighted by Crippen LogP contribution is 2.44. The van der Waals surface area contributed by atoms with Crippen molar-refractivity contribution >= 4 is 18.2 Å². The molecule has 0 saturated carbocycles. The lowest BCUT2D eigenvalue weighted by Gasteiger charge is -2.31. The molecule has 0 aromatic heterocycles. The van der Waals surface area contributed by atoms with Gasteiger partial charge in [0.1, 0.15) is 24.0 Å². The molecule has 9 nitrogen and oxygen atoms in total. The Hall–Kier alpha value is -3.59. The molecule has 2 atom stereocenters. The Labute approximate surface area is 210 Å². The van der Waals surface area contributed by atoms with E-state index in [0.29, 0.717) is 0 Å². The molecule has 2 N–H and O–H groups in total. The quantitative estimate of drug-likeness (QED) is 0.632. The standard InChI is InChI=1S/C27H32N2O7/c1-26(2,3)36-25(33)29-14-21(35-27(29,4)5)22(23(30)31)28-24(32)34-15-20-18-12-8-6-10-16(18)17-11-7-9-13-19(17)20/h6-13,20-22H,14-15H2,1-5H3,(H,28,32)(H,30,31)/t21-,22?/m1/s1. The summed E-state index contributed by atoms with van der Waals surface area (Å²) < 4.78 is 16.8. The van der Waals surface area contributed by atoms with Crippen LogP contribution in [-0.2, 0) is 19.0 Å². The van der Waals surface area contributed by atoms with Gasteiger partial charge in [0.25, 0.3) is 0 Å². The Morgan fingerprint density at radius 1 is 1.08 bits per heavy atom. The van der Waals surface area contributed by atoms with Crippen LogP contribution in [0.1, 0.15) is 51.7 Å². The molecule has 36 heavy (non-hydrogen) atoms. The molecule has 1 saturated heterocycles. The maximum absolute atomic E-state index is 12.7. The number of carbonyl (C=O) groups is 3. The van der Waals surface area contributed by atoms with Crippen molar-refractivity contribution in [1.82, 2.24) is 10.2 Å². The second kappa shape index (κ2) is 9.46. The Bertz CT molecular complexity index is 1130. The third-order valence-corrected chi connectivity index (χ3v) is 6.32. The molecule has 0 radical (unpaired) electrons. The van der Waals surface area contributed by atoms with Crippen molar-refractivity contribution in [3.8, 4) is 11.1 Å². The van der Waals surface area contributed by atoms with Crippen molar-refractivity contribution in [1.29, 1.82) is 0 Å². The zero-order valence-electron chi connectivity index (χ0n) is 21.1. The van der Waals surface area contributed by atoms with Gasteiger partial charge in [-0.05, 0) is 56.9 Å². The van der Waals surface area contributed by atoms with Gasteiger partial charge in [-0.3, -0.25) is 4.90 Å². The molecule has 192 valence electrons. The number of carboxylic acids is 1. The molecule has 2 aromatic rings. The van der Waals surface area contributed by atoms with Crippen LogP contribution in [0.15, 0.2) is 48.5 Å². The summed E-state index contributed by atoms with van der Waals surface area (Å²) in [6.45, 7) is 8.49. The van der Waals surface area contributed by atoms with E-state index in [-0.39, 0.29) is 19.1 Å². The molecule has 9 heteroatoms. The fraction of sp³-hybridized carbons (Fsp3) is 0.444. The Balaban J connectivity index is 1.43. The number of nitrogens with zero attached hydrogens (tertiary/aromatic N) is 1. The zero-order chi connectivity index (χ0) is 26.3. The molecule has 4 rings (SSSR count). The minimum Gasteiger partial charge on any atom is -0.480 e. The lowest BCUT2D eigenvalue weighted by molar-refractivity contribution is -0.145. The van der Waals surface area contributed by atoms with E-state index in [4.69, 9.17) is 14.2 Å². The van der Waals surface area contributed by atoms with Crippen LogP contribution in [0.3, 0.4) is 0 Å². The highest BCUT2D eigenvalue weighted by molar-refractivity contribution is 5.82. The summed E-state index contributed by atoms with van der Waals surface area (Å²) in [5.41, 5.74) is 2.44. The lowest BCUT2D eigenvalue weighted by Crippen LogP contribution is -2.50. The number of fused-ring (bicyclic) bond motifs is 3. The van der Waals surface area contributed by atoms with Crippen LogP contribution in [0.5, 0.6) is 0 Å². The molecule has 1 fully saturated rings. The molecular weight excluding hydrogens is 464 g/mol. The first-order chi connectivity index (χ1) is 16.9. The van der Waals surface area contributed by atoms with Crippen molar-refractivity contribution < 1.29 is 33.7 Å². The number of carbonyl (C=O) groups excluding carboxylic acids is 2. The van der Waals surface area contributed by atoms with Crippen LogP contribution in [0.25, 0.3) is 11.1 Å². The second-order valence-electron chi connectivity index (χ2n) is 10.5. The number of hydrogen-bond donors (Lipinski definition) is 2. The largest absolute Gasteiger partial charge is 0.480 e. The van der Waals surface area contributed by atoms with Crippen molar-refractivity contribution in [2.24, 2.45) is 0 Å². The molecule has 1 unspecified atom stereocenters. The predicted octanol–water partition coefficient (Wildman–Crippen LogP) is 4.35. The highest BCUT2D eigenvalue weighted by Gasteiger charge is 2.49. The summed E-state index contributed by atoms with van der Waals surface area (Å²) in [6, 6.07) is 14.4. The summed E-state index contributed by atoms with van der Waals surface area (Å²) in [4.78, 5) is 38.7. The Morgan fingerprint density at radius 3 is 2.17 bits per heavy atom. The third kappa shape index (κ3) is 5.16. The van der Waals surface area contributed by atoms with E-state index in [1.807, 2.05) is 48.5 Å². The van der Waals surface area contributed by atoms with E-state index in [1.54, 1.807) is 34.6 Å². The summed E-state index contributed by atoms with van der Waals surface area (Å²) in [5.74, 6) is -1.45. The second-order valence-corrected chi connectivity index (χ2v) is 10.5. The number of rotatable bonds is 5. The molecule has 2 amide bonds. The summed E-state index contributed by atoms with van der Waals surface area (Å²) in [5, 5.41) is 12.2. The maximum atomic E-state index is 12.7. The first-order valence-corrected chi connectivity index (χ1v) is 11.9. The minimum atomic E-state index is -1.42. The first-order valence-electron chi connectivity index (χ1n) is 11.9. The number of benzene rings is 2. The van der Waals surface area contributed by atoms with E-state index in [0.717, 1.165) is 22.3 Å². The molecule has 1 heterocycles. The summed E-state index contributed by atoms with van der Waals surface area (Å²) >= 11 is 0. The van der Waals surface area contributed by atoms with Gasteiger partial charge in [0, 0.05) is 5.92 Å². The first kappa shape index (κ1) is 25.5. The number of ether oxygens (including phenoxy) is 3. The molecule has 2 aromatic carbocycles. The topological polar surface area (TPSA) is 114 Å². The maximum Gasteiger partial charge on any atom is 0.412 e. The van der Waals surface area contributed by atoms with Crippen LogP contribution < -0.4 is 5.32 Å². The zero-order valence-corrected chi connectivity index (χ0v) is 21.1. The molecule has 1 aliphatic heterocycles. The van der Waals surface area contributed by atoms with Gasteiger partial charge in [-0.2, -0.15) is 0 Å². The average Bonchev–Trinajstić information content (AvgIpc) is 3.28. The fourth-order valence-electron chi connectivity index (χ4n) is 4.74. The normalized spacial score (nSPS) is 19.2. The third-order valence-electron chi connectivity index (χ3n) is 6.32. The molecule has 0 bridgehead atoms. The van der Waals surface area contributed by atoms with Gasteiger partial charge >= 0.3 is 18.2 Å². The number of alkyl carbamates (subject to hydrolysis) is 1. The Kier molecular flexibility index (Phi) is 6.70. The molecule has 0 spiro atoms. The number of amides is 2. The molecular formula is C27H32N2O7. The smallest absolute Gasteiger partial charge is 0.412 e. The molecule has 1 aliphatic carbocycles. The van der Waals surface area contributed by atoms with Crippen molar-refractivity contribution in [2.45, 2.75) is 64.0 Å². The lowest BCUT2D eigenvalue weighted by atomic mass is 9.98. The van der Waals surface area contributed by atoms with Crippen LogP contribution in [0, 0.1) is 0 Å². The van der Waals surface area contributed by atoms with E-state index < -0.39 is 41.6 Å². The summed E-state index contributed by atoms with van der Waals surface area (Å²) in [7, 11) is 0. The van der Waals surface area contributed by atoms with Crippen molar-refractivity contribution in [3.05, 3.63) is 59.7 Å². The van der Waals surface area contributed by atoms with E-state index in [2.05, 4.69) is 5.32 Å². The van der Waals surface area contributed by atoms with Gasteiger partial charge in [-0.25, -0.2) is 14.4 Å². The van der Waals surface area contributed by atoms with Crippen molar-refractivity contribution in [3.63, 3.8) is 0 Å². The number of nitrogens with one attached hydrogen (secondary N) is 1. The van der Waals surface area contributed by atoms with Gasteiger partial charge in [0.15, 0.2) is 6.04 Å². The fourth-order valence-corrected chi connectivity index (χ4v) is 4.74. The van der Waals surface area contributed by atoms with Crippen LogP contribution in [-0.4, -0.2) is 64.8 Å². The Morgan fingerprint density at radius 2 is 1.64 bits per heavy atom. The predicted molar refractivity (Wildman–Crippen MR) is 132 cm³/mol.